The highest BCUT2D eigenvalue weighted by Gasteiger charge is 2.54. The van der Waals surface area contributed by atoms with Crippen molar-refractivity contribution in [2.45, 2.75) is 18.2 Å². The molecule has 0 saturated carbocycles. The average Bonchev–Trinajstić information content (AvgIpc) is 2.85. The third-order valence-corrected chi connectivity index (χ3v) is 5.49. The van der Waals surface area contributed by atoms with E-state index in [1.54, 1.807) is 0 Å². The van der Waals surface area contributed by atoms with Gasteiger partial charge in [0.25, 0.3) is 0 Å². The zero-order chi connectivity index (χ0) is 20.8. The number of nitrogens with zero attached hydrogens (tertiary/aromatic N) is 3. The van der Waals surface area contributed by atoms with Crippen LogP contribution in [-0.4, -0.2) is 45.3 Å². The van der Waals surface area contributed by atoms with Crippen LogP contribution in [0.5, 0.6) is 0 Å². The Morgan fingerprint density at radius 2 is 1.89 bits per heavy atom. The molecule has 0 spiro atoms. The number of phosphoric acid groups is 1. The number of phosphoric ester groups is 1. The van der Waals surface area contributed by atoms with E-state index in [-0.39, 0.29) is 4.68 Å². The van der Waals surface area contributed by atoms with Crippen LogP contribution in [0.3, 0.4) is 0 Å². The third-order valence-electron chi connectivity index (χ3n) is 3.36. The summed E-state index contributed by atoms with van der Waals surface area (Å²) in [5, 5.41) is -0.970. The van der Waals surface area contributed by atoms with Crippen molar-refractivity contribution in [1.29, 1.82) is 0 Å². The Morgan fingerprint density at radius 3 is 2.37 bits per heavy atom. The Hall–Kier alpha value is -1.86. The van der Waals surface area contributed by atoms with Crippen molar-refractivity contribution < 1.29 is 44.9 Å². The second-order valence-corrected chi connectivity index (χ2v) is 8.67. The molecule has 0 aliphatic rings. The summed E-state index contributed by atoms with van der Waals surface area (Å²) in [7, 11) is -10.4. The first-order valence-corrected chi connectivity index (χ1v) is 10.3. The molecule has 2 N–H and O–H groups in total. The average molecular weight is 433 g/mol. The Bertz CT molecular complexity index is 1030. The van der Waals surface area contributed by atoms with Crippen molar-refractivity contribution in [3.05, 3.63) is 35.9 Å². The van der Waals surface area contributed by atoms with E-state index in [1.807, 2.05) is 0 Å². The maximum atomic E-state index is 15.6. The summed E-state index contributed by atoms with van der Waals surface area (Å²) >= 11 is 0. The monoisotopic (exact) mass is 433 g/mol. The van der Waals surface area contributed by atoms with E-state index < -0.39 is 58.0 Å². The number of rotatable bonds is 6. The molecule has 15 heteroatoms. The molecule has 0 saturated heterocycles. The summed E-state index contributed by atoms with van der Waals surface area (Å²) in [4.78, 5) is 20.8. The number of hydrogen-bond acceptors (Lipinski definition) is 6. The summed E-state index contributed by atoms with van der Waals surface area (Å²) in [6.45, 7) is 0.629. The first-order valence-electron chi connectivity index (χ1n) is 6.87. The highest BCUT2D eigenvalue weighted by Crippen LogP contribution is 2.44. The molecule has 0 bridgehead atoms. The van der Waals surface area contributed by atoms with Gasteiger partial charge in [0.1, 0.15) is 17.7 Å². The Labute approximate surface area is 149 Å². The van der Waals surface area contributed by atoms with Crippen molar-refractivity contribution in [2.24, 2.45) is 0 Å². The van der Waals surface area contributed by atoms with Crippen LogP contribution in [0.4, 0.5) is 17.6 Å². The molecule has 1 aromatic carbocycles. The van der Waals surface area contributed by atoms with Gasteiger partial charge in [0, 0.05) is 12.3 Å². The second kappa shape index (κ2) is 6.95. The minimum Gasteiger partial charge on any atom is -0.303 e. The van der Waals surface area contributed by atoms with Crippen molar-refractivity contribution >= 4 is 17.7 Å². The lowest BCUT2D eigenvalue weighted by atomic mass is 10.2. The highest BCUT2D eigenvalue weighted by molar-refractivity contribution is 7.91. The van der Waals surface area contributed by atoms with Crippen LogP contribution in [-0.2, 0) is 24.1 Å². The highest BCUT2D eigenvalue weighted by atomic mass is 32.2. The molecule has 2 unspecified atom stereocenters. The minimum absolute atomic E-state index is 0.228. The summed E-state index contributed by atoms with van der Waals surface area (Å²) in [6.07, 6.45) is -3.80. The zero-order valence-corrected chi connectivity index (χ0v) is 15.3. The van der Waals surface area contributed by atoms with Gasteiger partial charge >= 0.3 is 19.0 Å². The number of hydrogen-bond donors (Lipinski definition) is 2. The molecule has 9 nitrogen and oxygen atoms in total. The van der Waals surface area contributed by atoms with E-state index in [2.05, 4.69) is 14.6 Å². The van der Waals surface area contributed by atoms with Crippen LogP contribution in [0.1, 0.15) is 6.92 Å². The third kappa shape index (κ3) is 4.19. The fraction of sp³-hybridized carbons (Fsp3) is 0.333. The quantitative estimate of drug-likeness (QED) is 0.517. The van der Waals surface area contributed by atoms with Gasteiger partial charge < -0.3 is 9.79 Å². The molecule has 0 aliphatic carbocycles. The molecule has 0 aliphatic heterocycles. The molecule has 27 heavy (non-hydrogen) atoms. The first kappa shape index (κ1) is 21.4. The van der Waals surface area contributed by atoms with Gasteiger partial charge in [-0.25, -0.2) is 21.8 Å². The molecular formula is C12H12F4N3O6PS. The van der Waals surface area contributed by atoms with Gasteiger partial charge in [-0.3, -0.25) is 4.52 Å². The Balaban J connectivity index is 2.77. The summed E-state index contributed by atoms with van der Waals surface area (Å²) < 4.78 is 95.2. The molecule has 0 fully saturated rings. The van der Waals surface area contributed by atoms with Crippen LogP contribution < -0.4 is 0 Å². The predicted octanol–water partition coefficient (Wildman–Crippen LogP) is 1.48. The largest absolute Gasteiger partial charge is 0.470 e. The number of benzene rings is 1. The zero-order valence-electron chi connectivity index (χ0n) is 13.5. The lowest BCUT2D eigenvalue weighted by molar-refractivity contribution is 0.00102. The van der Waals surface area contributed by atoms with Crippen molar-refractivity contribution in [1.82, 2.24) is 14.8 Å². The molecule has 2 rings (SSSR count). The van der Waals surface area contributed by atoms with Crippen molar-refractivity contribution in [2.75, 3.05) is 6.26 Å². The maximum Gasteiger partial charge on any atom is 0.470 e. The predicted molar refractivity (Wildman–Crippen MR) is 81.8 cm³/mol. The number of sulfone groups is 1. The van der Waals surface area contributed by atoms with E-state index in [4.69, 9.17) is 9.79 Å². The van der Waals surface area contributed by atoms with Crippen molar-refractivity contribution in [3.63, 3.8) is 0 Å². The summed E-state index contributed by atoms with van der Waals surface area (Å²) in [5.74, 6) is -3.39. The van der Waals surface area contributed by atoms with Gasteiger partial charge in [-0.1, -0.05) is 0 Å². The van der Waals surface area contributed by atoms with Gasteiger partial charge in [0.15, 0.2) is 5.82 Å². The summed E-state index contributed by atoms with van der Waals surface area (Å²) in [5.41, 5.74) is -0.721. The molecular weight excluding hydrogens is 421 g/mol. The molecule has 2 aromatic rings. The van der Waals surface area contributed by atoms with Crippen LogP contribution in [0, 0.1) is 17.7 Å². The van der Waals surface area contributed by atoms with E-state index in [1.165, 1.54) is 0 Å². The standard InChI is InChI=1S/C12H12F4N3O6PS/c1-6(25-26(20,21)22)12(16,27(2,23)24)19-10(17-11(15)18-19)8-4-3-7(13)5-9(8)14/h3-6H,1-2H3,(H2,20,21,22). The van der Waals surface area contributed by atoms with Crippen LogP contribution in [0.2, 0.25) is 0 Å². The van der Waals surface area contributed by atoms with Gasteiger partial charge in [-0.2, -0.15) is 18.4 Å². The lowest BCUT2D eigenvalue weighted by Gasteiger charge is -2.30. The van der Waals surface area contributed by atoms with Crippen molar-refractivity contribution in [3.8, 4) is 11.4 Å². The maximum absolute atomic E-state index is 15.6. The lowest BCUT2D eigenvalue weighted by Crippen LogP contribution is -2.48. The van der Waals surface area contributed by atoms with E-state index >= 15 is 4.39 Å². The normalized spacial score (nSPS) is 16.1. The van der Waals surface area contributed by atoms with Crippen LogP contribution in [0.25, 0.3) is 11.4 Å². The number of halogens is 4. The first-order chi connectivity index (χ1) is 12.2. The van der Waals surface area contributed by atoms with Gasteiger partial charge in [-0.15, -0.1) is 5.10 Å². The molecule has 150 valence electrons. The van der Waals surface area contributed by atoms with Gasteiger partial charge in [0.05, 0.1) is 5.56 Å². The minimum atomic E-state index is -5.39. The van der Waals surface area contributed by atoms with Crippen LogP contribution >= 0.6 is 7.82 Å². The molecule has 1 heterocycles. The number of alkyl halides is 1. The smallest absolute Gasteiger partial charge is 0.303 e. The Kier molecular flexibility index (Phi) is 5.52. The van der Waals surface area contributed by atoms with E-state index in [9.17, 15) is 26.2 Å². The molecule has 0 radical (unpaired) electrons. The molecule has 1 aromatic heterocycles. The number of aromatic nitrogens is 3. The van der Waals surface area contributed by atoms with E-state index in [0.717, 1.165) is 6.07 Å². The summed E-state index contributed by atoms with van der Waals surface area (Å²) in [6, 6.07) is 1.79. The fourth-order valence-corrected chi connectivity index (χ4v) is 3.96. The SMILES string of the molecule is CC(OP(=O)(O)O)C(F)(n1nc(F)nc1-c1ccc(F)cc1F)S(C)(=O)=O. The van der Waals surface area contributed by atoms with Crippen LogP contribution in [0.15, 0.2) is 18.2 Å². The second-order valence-electron chi connectivity index (χ2n) is 5.36. The fourth-order valence-electron chi connectivity index (χ4n) is 2.25. The van der Waals surface area contributed by atoms with Gasteiger partial charge in [0.2, 0.25) is 9.84 Å². The topological polar surface area (TPSA) is 132 Å². The molecule has 0 amide bonds. The van der Waals surface area contributed by atoms with E-state index in [0.29, 0.717) is 25.3 Å². The Morgan fingerprint density at radius 1 is 1.30 bits per heavy atom. The molecule has 2 atom stereocenters. The van der Waals surface area contributed by atoms with Gasteiger partial charge in [-0.05, 0) is 19.1 Å².